The molecular formula is C49H57N5O9S. The van der Waals surface area contributed by atoms with Gasteiger partial charge >= 0.3 is 0 Å². The van der Waals surface area contributed by atoms with Crippen LogP contribution in [0.1, 0.15) is 77.4 Å². The number of rotatable bonds is 17. The number of amides is 4. The normalized spacial score (nSPS) is 23.3. The van der Waals surface area contributed by atoms with E-state index in [1.807, 2.05) is 75.4 Å². The Labute approximate surface area is 374 Å². The highest BCUT2D eigenvalue weighted by molar-refractivity contribution is 7.91. The van der Waals surface area contributed by atoms with Gasteiger partial charge in [0.05, 0.1) is 29.6 Å². The van der Waals surface area contributed by atoms with Gasteiger partial charge in [-0.15, -0.1) is 6.58 Å². The molecule has 4 amide bonds. The van der Waals surface area contributed by atoms with Gasteiger partial charge in [0.15, 0.2) is 6.10 Å². The molecule has 6 atom stereocenters. The first kappa shape index (κ1) is 44.8. The summed E-state index contributed by atoms with van der Waals surface area (Å²) in [6.45, 7) is 9.26. The smallest absolute Gasteiger partial charge is 0.259 e. The highest BCUT2D eigenvalue weighted by atomic mass is 32.2. The molecule has 4 aromatic rings. The number of carbonyl (C=O) groups excluding carboxylic acids is 4. The first-order valence-electron chi connectivity index (χ1n) is 21.9. The number of sulfonamides is 1. The minimum atomic E-state index is -4.05. The fraction of sp³-hybridized carbons (Fsp3) is 0.449. The van der Waals surface area contributed by atoms with E-state index < -0.39 is 79.6 Å². The lowest BCUT2D eigenvalue weighted by Crippen LogP contribution is -2.60. The fourth-order valence-electron chi connectivity index (χ4n) is 9.00. The van der Waals surface area contributed by atoms with Crippen molar-refractivity contribution in [1.29, 1.82) is 0 Å². The molecule has 8 rings (SSSR count). The van der Waals surface area contributed by atoms with Crippen molar-refractivity contribution >= 4 is 44.6 Å². The summed E-state index contributed by atoms with van der Waals surface area (Å²) in [4.78, 5) is 64.3. The second kappa shape index (κ2) is 17.3. The molecule has 1 aromatic heterocycles. The Morgan fingerprint density at radius 2 is 1.66 bits per heavy atom. The monoisotopic (exact) mass is 891 g/mol. The summed E-state index contributed by atoms with van der Waals surface area (Å²) in [6, 6.07) is 23.5. The number of likely N-dealkylation sites (tertiary alicyclic amines) is 1. The van der Waals surface area contributed by atoms with Crippen LogP contribution in [0.2, 0.25) is 0 Å². The predicted molar refractivity (Wildman–Crippen MR) is 241 cm³/mol. The molecule has 4 fully saturated rings. The van der Waals surface area contributed by atoms with Crippen molar-refractivity contribution in [3.63, 3.8) is 0 Å². The molecular weight excluding hydrogens is 835 g/mol. The molecule has 1 unspecified atom stereocenters. The van der Waals surface area contributed by atoms with E-state index in [-0.39, 0.29) is 19.4 Å². The maximum absolute atomic E-state index is 15.1. The van der Waals surface area contributed by atoms with E-state index in [1.54, 1.807) is 37.4 Å². The van der Waals surface area contributed by atoms with Gasteiger partial charge in [0.2, 0.25) is 21.8 Å². The summed E-state index contributed by atoms with van der Waals surface area (Å²) in [6.07, 6.45) is 3.32. The Morgan fingerprint density at radius 1 is 0.969 bits per heavy atom. The predicted octanol–water partition coefficient (Wildman–Crippen LogP) is 6.02. The van der Waals surface area contributed by atoms with Crippen molar-refractivity contribution in [2.75, 3.05) is 20.8 Å². The molecule has 3 aromatic carbocycles. The Balaban J connectivity index is 1.11. The van der Waals surface area contributed by atoms with Crippen LogP contribution < -0.4 is 24.8 Å². The van der Waals surface area contributed by atoms with E-state index in [0.717, 1.165) is 18.4 Å². The minimum Gasteiger partial charge on any atom is -0.497 e. The average molecular weight is 892 g/mol. The number of nitrogens with one attached hydrogen (secondary N) is 3. The van der Waals surface area contributed by atoms with Crippen LogP contribution >= 0.6 is 0 Å². The van der Waals surface area contributed by atoms with Gasteiger partial charge in [-0.25, -0.2) is 13.4 Å². The van der Waals surface area contributed by atoms with E-state index in [4.69, 9.17) is 19.2 Å². The van der Waals surface area contributed by atoms with Gasteiger partial charge in [-0.3, -0.25) is 23.9 Å². The molecule has 4 aliphatic rings. The summed E-state index contributed by atoms with van der Waals surface area (Å²) in [7, 11) is -1.06. The molecule has 0 bridgehead atoms. The van der Waals surface area contributed by atoms with E-state index in [9.17, 15) is 22.8 Å². The van der Waals surface area contributed by atoms with E-state index >= 15 is 4.79 Å². The highest BCUT2D eigenvalue weighted by Crippen LogP contribution is 2.53. The first-order valence-corrected chi connectivity index (χ1v) is 23.4. The molecule has 3 saturated carbocycles. The molecule has 338 valence electrons. The van der Waals surface area contributed by atoms with Gasteiger partial charge in [0.25, 0.3) is 11.8 Å². The zero-order valence-corrected chi connectivity index (χ0v) is 37.8. The SMILES string of the molecule is C=CC1C[C@@]1(NC(=O)[C@@H]1C[C@@H](Oc2cc(-c3ccccc3)nc3cc(OC)ccc23)CN1C(=O)[C@@H](NC(=O)[C@@H](OC)c1ccccc1)C(C)(C)C)C(=O)NS(=O)(=O)C1(CC2CC2)CC1. The number of methoxy groups -OCH3 is 2. The number of pyridine rings is 1. The topological polar surface area (TPSA) is 182 Å². The Morgan fingerprint density at radius 3 is 2.25 bits per heavy atom. The van der Waals surface area contributed by atoms with Crippen LogP contribution in [0.5, 0.6) is 11.5 Å². The van der Waals surface area contributed by atoms with E-state index in [0.29, 0.717) is 58.8 Å². The van der Waals surface area contributed by atoms with Crippen LogP contribution in [0.3, 0.4) is 0 Å². The molecule has 3 N–H and O–H groups in total. The second-order valence-electron chi connectivity index (χ2n) is 18.8. The third-order valence-corrected chi connectivity index (χ3v) is 15.3. The van der Waals surface area contributed by atoms with Gasteiger partial charge in [0.1, 0.15) is 35.2 Å². The molecule has 0 radical (unpaired) electrons. The van der Waals surface area contributed by atoms with E-state index in [2.05, 4.69) is 21.9 Å². The zero-order chi connectivity index (χ0) is 45.6. The third-order valence-electron chi connectivity index (χ3n) is 13.2. The summed E-state index contributed by atoms with van der Waals surface area (Å²) < 4.78 is 46.7. The van der Waals surface area contributed by atoms with Gasteiger partial charge in [-0.2, -0.15) is 0 Å². The first-order chi connectivity index (χ1) is 30.5. The number of nitrogens with zero attached hydrogens (tertiary/aromatic N) is 2. The number of fused-ring (bicyclic) bond motifs is 1. The minimum absolute atomic E-state index is 0.00693. The van der Waals surface area contributed by atoms with Gasteiger partial charge < -0.3 is 29.7 Å². The second-order valence-corrected chi connectivity index (χ2v) is 20.9. The van der Waals surface area contributed by atoms with Crippen molar-refractivity contribution in [1.82, 2.24) is 25.2 Å². The van der Waals surface area contributed by atoms with Crippen LogP contribution in [0.4, 0.5) is 0 Å². The number of benzene rings is 3. The number of hydrogen-bond acceptors (Lipinski definition) is 10. The quantitative estimate of drug-likeness (QED) is 0.106. The van der Waals surface area contributed by atoms with Crippen molar-refractivity contribution < 1.29 is 41.8 Å². The van der Waals surface area contributed by atoms with Crippen LogP contribution in [0.25, 0.3) is 22.2 Å². The molecule has 1 aliphatic heterocycles. The average Bonchev–Trinajstić information content (AvgIpc) is 4.23. The number of hydrogen-bond donors (Lipinski definition) is 3. The molecule has 15 heteroatoms. The van der Waals surface area contributed by atoms with E-state index in [1.165, 1.54) is 18.1 Å². The maximum Gasteiger partial charge on any atom is 0.259 e. The summed E-state index contributed by atoms with van der Waals surface area (Å²) in [5.74, 6) is -1.72. The lowest BCUT2D eigenvalue weighted by Gasteiger charge is -2.36. The number of carbonyl (C=O) groups is 4. The third kappa shape index (κ3) is 8.97. The summed E-state index contributed by atoms with van der Waals surface area (Å²) in [5, 5.41) is 6.51. The molecule has 0 spiro atoms. The van der Waals surface area contributed by atoms with Crippen molar-refractivity contribution in [3.8, 4) is 22.8 Å². The van der Waals surface area contributed by atoms with Crippen LogP contribution in [0.15, 0.2) is 97.6 Å². The zero-order valence-electron chi connectivity index (χ0n) is 37.0. The van der Waals surface area contributed by atoms with Crippen LogP contribution in [0, 0.1) is 17.3 Å². The molecule has 64 heavy (non-hydrogen) atoms. The van der Waals surface area contributed by atoms with Crippen molar-refractivity contribution in [2.45, 2.75) is 100 Å². The van der Waals surface area contributed by atoms with Gasteiger partial charge in [-0.05, 0) is 54.7 Å². The molecule has 2 heterocycles. The fourth-order valence-corrected chi connectivity index (χ4v) is 10.7. The van der Waals surface area contributed by atoms with Gasteiger partial charge in [-0.1, -0.05) is 100 Å². The lowest BCUT2D eigenvalue weighted by atomic mass is 9.85. The number of aromatic nitrogens is 1. The highest BCUT2D eigenvalue weighted by Gasteiger charge is 2.64. The standard InChI is InChI=1S/C49H57N5O9S/c1-7-33-28-49(33,46(58)53-64(59,60)48(22-23-48)27-30-18-19-30)52-43(55)39-25-35(63-40-26-37(31-14-10-8-11-15-31)50-38-24-34(61-5)20-21-36(38)40)29-54(39)45(57)42(47(2,3)4)51-44(56)41(62-6)32-16-12-9-13-17-32/h7-17,20-21,24,26,30,33,35,39,41-42H,1,18-19,22-23,25,27-29H2,2-6H3,(H,51,56)(H,52,55)(H,53,58)/t33?,35-,39+,41+,42-,49+/m1/s1. The number of ether oxygens (including phenoxy) is 3. The Bertz CT molecular complexity index is 2560. The van der Waals surface area contributed by atoms with Crippen molar-refractivity contribution in [2.24, 2.45) is 17.3 Å². The Kier molecular flexibility index (Phi) is 12.1. The van der Waals surface area contributed by atoms with Crippen LogP contribution in [-0.4, -0.2) is 91.2 Å². The summed E-state index contributed by atoms with van der Waals surface area (Å²) >= 11 is 0. The Hall–Kier alpha value is -5.80. The summed E-state index contributed by atoms with van der Waals surface area (Å²) in [5.41, 5.74) is 0.229. The van der Waals surface area contributed by atoms with Gasteiger partial charge in [0, 0.05) is 42.5 Å². The molecule has 1 saturated heterocycles. The maximum atomic E-state index is 15.1. The molecule has 3 aliphatic carbocycles. The largest absolute Gasteiger partial charge is 0.497 e. The van der Waals surface area contributed by atoms with Crippen LogP contribution in [-0.2, 0) is 33.9 Å². The molecule has 14 nitrogen and oxygen atoms in total. The van der Waals surface area contributed by atoms with Crippen molar-refractivity contribution in [3.05, 3.63) is 103 Å². The lowest BCUT2D eigenvalue weighted by molar-refractivity contribution is -0.146.